The third-order valence-electron chi connectivity index (χ3n) is 3.85. The first kappa shape index (κ1) is 11.4. The summed E-state index contributed by atoms with van der Waals surface area (Å²) < 4.78 is 12.8. The number of carbonyl (C=O) groups excluding carboxylic acids is 1. The minimum absolute atomic E-state index is 0.101. The van der Waals surface area contributed by atoms with Crippen LogP contribution in [0.4, 0.5) is 4.39 Å². The van der Waals surface area contributed by atoms with Crippen molar-refractivity contribution >= 4 is 17.1 Å². The zero-order chi connectivity index (χ0) is 12.0. The SMILES string of the molecule is C[C@H]1CCc2sc(CC(=O)[C@H]3C[C@@H]3F)cc2C1. The lowest BCUT2D eigenvalue weighted by Gasteiger charge is -2.17. The van der Waals surface area contributed by atoms with E-state index in [1.54, 1.807) is 11.3 Å². The smallest absolute Gasteiger partial charge is 0.144 e. The molecule has 3 rings (SSSR count). The minimum Gasteiger partial charge on any atom is -0.299 e. The number of rotatable bonds is 3. The molecule has 0 amide bonds. The first-order valence-electron chi connectivity index (χ1n) is 6.40. The Morgan fingerprint density at radius 3 is 3.06 bits per heavy atom. The molecule has 0 radical (unpaired) electrons. The first-order chi connectivity index (χ1) is 8.13. The van der Waals surface area contributed by atoms with Gasteiger partial charge in [-0.05, 0) is 43.2 Å². The van der Waals surface area contributed by atoms with Crippen LogP contribution in [0.2, 0.25) is 0 Å². The Labute approximate surface area is 105 Å². The van der Waals surface area contributed by atoms with Crippen LogP contribution >= 0.6 is 11.3 Å². The van der Waals surface area contributed by atoms with Crippen molar-refractivity contribution in [3.63, 3.8) is 0 Å². The number of Topliss-reactive ketones (excluding diaryl/α,β-unsaturated/α-hetero) is 1. The lowest BCUT2D eigenvalue weighted by atomic mass is 9.90. The Balaban J connectivity index is 1.70. The van der Waals surface area contributed by atoms with Crippen LogP contribution in [0.15, 0.2) is 6.07 Å². The van der Waals surface area contributed by atoms with E-state index in [4.69, 9.17) is 0 Å². The van der Waals surface area contributed by atoms with Crippen LogP contribution in [0, 0.1) is 11.8 Å². The summed E-state index contributed by atoms with van der Waals surface area (Å²) in [5, 5.41) is 0. The Morgan fingerprint density at radius 1 is 1.59 bits per heavy atom. The molecule has 1 nitrogen and oxygen atoms in total. The van der Waals surface area contributed by atoms with Gasteiger partial charge in [0.05, 0.1) is 5.92 Å². The quantitative estimate of drug-likeness (QED) is 0.806. The van der Waals surface area contributed by atoms with E-state index in [0.717, 1.165) is 23.6 Å². The second-order valence-corrected chi connectivity index (χ2v) is 6.73. The number of fused-ring (bicyclic) bond motifs is 1. The van der Waals surface area contributed by atoms with Crippen LogP contribution in [0.25, 0.3) is 0 Å². The van der Waals surface area contributed by atoms with Crippen molar-refractivity contribution < 1.29 is 9.18 Å². The van der Waals surface area contributed by atoms with Crippen LogP contribution in [-0.2, 0) is 24.1 Å². The summed E-state index contributed by atoms with van der Waals surface area (Å²) in [6, 6.07) is 2.18. The molecule has 0 spiro atoms. The van der Waals surface area contributed by atoms with Crippen molar-refractivity contribution in [2.24, 2.45) is 11.8 Å². The summed E-state index contributed by atoms with van der Waals surface area (Å²) in [5.41, 5.74) is 1.43. The first-order valence-corrected chi connectivity index (χ1v) is 7.22. The summed E-state index contributed by atoms with van der Waals surface area (Å²) >= 11 is 1.77. The van der Waals surface area contributed by atoms with Crippen molar-refractivity contribution in [3.8, 4) is 0 Å². The fourth-order valence-electron chi connectivity index (χ4n) is 2.65. The maximum Gasteiger partial charge on any atom is 0.144 e. The van der Waals surface area contributed by atoms with Crippen molar-refractivity contribution in [1.82, 2.24) is 0 Å². The van der Waals surface area contributed by atoms with E-state index in [9.17, 15) is 9.18 Å². The normalized spacial score (nSPS) is 31.1. The van der Waals surface area contributed by atoms with Crippen LogP contribution < -0.4 is 0 Å². The zero-order valence-electron chi connectivity index (χ0n) is 10.0. The summed E-state index contributed by atoms with van der Waals surface area (Å²) in [5.74, 6) is 0.580. The fourth-order valence-corrected chi connectivity index (χ4v) is 3.88. The topological polar surface area (TPSA) is 17.1 Å². The molecule has 1 heterocycles. The largest absolute Gasteiger partial charge is 0.299 e. The molecule has 3 heteroatoms. The molecule has 17 heavy (non-hydrogen) atoms. The van der Waals surface area contributed by atoms with Gasteiger partial charge in [0.2, 0.25) is 0 Å². The Bertz CT molecular complexity index is 451. The van der Waals surface area contributed by atoms with Gasteiger partial charge in [-0.15, -0.1) is 11.3 Å². The summed E-state index contributed by atoms with van der Waals surface area (Å²) in [6.07, 6.45) is 3.63. The van der Waals surface area contributed by atoms with Gasteiger partial charge in [0, 0.05) is 16.2 Å². The Morgan fingerprint density at radius 2 is 2.35 bits per heavy atom. The average molecular weight is 252 g/mol. The summed E-state index contributed by atoms with van der Waals surface area (Å²) in [6.45, 7) is 2.28. The number of aryl methyl sites for hydroxylation is 1. The highest BCUT2D eigenvalue weighted by Crippen LogP contribution is 2.37. The van der Waals surface area contributed by atoms with E-state index >= 15 is 0 Å². The maximum absolute atomic E-state index is 12.8. The Kier molecular flexibility index (Phi) is 2.81. The predicted molar refractivity (Wildman–Crippen MR) is 67.2 cm³/mol. The molecule has 92 valence electrons. The van der Waals surface area contributed by atoms with Crippen molar-refractivity contribution in [3.05, 3.63) is 21.4 Å². The molecular weight excluding hydrogens is 235 g/mol. The van der Waals surface area contributed by atoms with E-state index < -0.39 is 6.17 Å². The molecule has 0 N–H and O–H groups in total. The number of ketones is 1. The molecule has 3 atom stereocenters. The van der Waals surface area contributed by atoms with Gasteiger partial charge in [-0.2, -0.15) is 0 Å². The molecule has 2 aliphatic rings. The highest BCUT2D eigenvalue weighted by Gasteiger charge is 2.43. The number of carbonyl (C=O) groups is 1. The molecule has 0 aromatic carbocycles. The number of hydrogen-bond donors (Lipinski definition) is 0. The monoisotopic (exact) mass is 252 g/mol. The number of hydrogen-bond acceptors (Lipinski definition) is 2. The number of thiophene rings is 1. The fraction of sp³-hybridized carbons (Fsp3) is 0.643. The van der Waals surface area contributed by atoms with Gasteiger partial charge in [-0.25, -0.2) is 4.39 Å². The van der Waals surface area contributed by atoms with Gasteiger partial charge in [-0.1, -0.05) is 6.92 Å². The second kappa shape index (κ2) is 4.20. The van der Waals surface area contributed by atoms with Crippen LogP contribution in [0.1, 0.15) is 35.1 Å². The van der Waals surface area contributed by atoms with E-state index in [-0.39, 0.29) is 11.7 Å². The van der Waals surface area contributed by atoms with Crippen molar-refractivity contribution in [2.45, 2.75) is 45.2 Å². The molecule has 1 aromatic heterocycles. The highest BCUT2D eigenvalue weighted by molar-refractivity contribution is 7.12. The highest BCUT2D eigenvalue weighted by atomic mass is 32.1. The molecule has 0 bridgehead atoms. The molecule has 0 saturated heterocycles. The molecule has 2 aliphatic carbocycles. The third kappa shape index (κ3) is 2.30. The summed E-state index contributed by atoms with van der Waals surface area (Å²) in [7, 11) is 0. The van der Waals surface area contributed by atoms with Crippen LogP contribution in [-0.4, -0.2) is 12.0 Å². The van der Waals surface area contributed by atoms with E-state index in [2.05, 4.69) is 13.0 Å². The van der Waals surface area contributed by atoms with Gasteiger partial charge in [-0.3, -0.25) is 4.79 Å². The molecule has 1 fully saturated rings. The van der Waals surface area contributed by atoms with Crippen molar-refractivity contribution in [1.29, 1.82) is 0 Å². The molecular formula is C14H17FOS. The molecule has 0 unspecified atom stereocenters. The van der Waals surface area contributed by atoms with Gasteiger partial charge < -0.3 is 0 Å². The molecule has 1 saturated carbocycles. The lowest BCUT2D eigenvalue weighted by Crippen LogP contribution is -2.08. The minimum atomic E-state index is -0.850. The number of alkyl halides is 1. The van der Waals surface area contributed by atoms with E-state index in [1.165, 1.54) is 16.9 Å². The summed E-state index contributed by atoms with van der Waals surface area (Å²) in [4.78, 5) is 14.3. The standard InChI is InChI=1S/C14H17FOS/c1-8-2-3-14-9(4-8)5-10(17-14)6-13(16)11-7-12(11)15/h5,8,11-12H,2-4,6-7H2,1H3/t8-,11-,12-/m0/s1. The van der Waals surface area contributed by atoms with Gasteiger partial charge >= 0.3 is 0 Å². The lowest BCUT2D eigenvalue weighted by molar-refractivity contribution is -0.119. The number of halogens is 1. The van der Waals surface area contributed by atoms with Crippen molar-refractivity contribution in [2.75, 3.05) is 0 Å². The van der Waals surface area contributed by atoms with Crippen LogP contribution in [0.5, 0.6) is 0 Å². The maximum atomic E-state index is 12.8. The zero-order valence-corrected chi connectivity index (χ0v) is 10.9. The van der Waals surface area contributed by atoms with Gasteiger partial charge in [0.15, 0.2) is 0 Å². The molecule has 0 aliphatic heterocycles. The van der Waals surface area contributed by atoms with E-state index in [1.807, 2.05) is 0 Å². The average Bonchev–Trinajstić information content (AvgIpc) is 2.87. The predicted octanol–water partition coefficient (Wildman–Crippen LogP) is 3.34. The van der Waals surface area contributed by atoms with Crippen LogP contribution in [0.3, 0.4) is 0 Å². The second-order valence-electron chi connectivity index (χ2n) is 5.51. The van der Waals surface area contributed by atoms with Gasteiger partial charge in [0.25, 0.3) is 0 Å². The Hall–Kier alpha value is -0.700. The van der Waals surface area contributed by atoms with E-state index in [0.29, 0.717) is 12.8 Å². The van der Waals surface area contributed by atoms with Gasteiger partial charge in [0.1, 0.15) is 12.0 Å². The molecule has 1 aromatic rings. The third-order valence-corrected chi connectivity index (χ3v) is 5.09.